The first kappa shape index (κ1) is 19.4. The number of carbonyl (C=O) groups excluding carboxylic acids is 3. The van der Waals surface area contributed by atoms with Crippen molar-refractivity contribution in [3.8, 4) is 0 Å². The molecule has 0 unspecified atom stereocenters. The molecule has 0 spiro atoms. The highest BCUT2D eigenvalue weighted by atomic mass is 32.1. The number of benzene rings is 2. The second-order valence-corrected chi connectivity index (χ2v) is 7.23. The van der Waals surface area contributed by atoms with Crippen LogP contribution in [-0.4, -0.2) is 17.6 Å². The minimum Gasteiger partial charge on any atom is -0.343 e. The molecule has 2 amide bonds. The predicted octanol–water partition coefficient (Wildman–Crippen LogP) is 3.68. The Morgan fingerprint density at radius 1 is 0.964 bits per heavy atom. The average molecular weight is 396 g/mol. The standard InChI is InChI=1S/C21H17FN2O3S/c1-13-7-8-15(11-17(13)22)24-21(27)20(26)23-12-16-9-10-18(28-16)19(25)14-5-3-2-4-6-14/h2-11H,12H2,1H3,(H,23,26)(H,24,27). The Kier molecular flexibility index (Phi) is 5.96. The van der Waals surface area contributed by atoms with Gasteiger partial charge < -0.3 is 10.6 Å². The van der Waals surface area contributed by atoms with Gasteiger partial charge in [-0.3, -0.25) is 14.4 Å². The third kappa shape index (κ3) is 4.69. The summed E-state index contributed by atoms with van der Waals surface area (Å²) in [5.74, 6) is -2.29. The number of halogens is 1. The molecule has 2 N–H and O–H groups in total. The first-order valence-corrected chi connectivity index (χ1v) is 9.29. The number of hydrogen-bond acceptors (Lipinski definition) is 4. The van der Waals surface area contributed by atoms with Crippen molar-refractivity contribution in [2.24, 2.45) is 0 Å². The van der Waals surface area contributed by atoms with Gasteiger partial charge >= 0.3 is 11.8 Å². The minimum atomic E-state index is -0.889. The van der Waals surface area contributed by atoms with Crippen LogP contribution in [0, 0.1) is 12.7 Å². The molecule has 0 atom stereocenters. The van der Waals surface area contributed by atoms with E-state index in [1.54, 1.807) is 43.3 Å². The van der Waals surface area contributed by atoms with Gasteiger partial charge in [-0.15, -0.1) is 11.3 Å². The van der Waals surface area contributed by atoms with E-state index < -0.39 is 17.6 Å². The average Bonchev–Trinajstić information content (AvgIpc) is 3.18. The van der Waals surface area contributed by atoms with E-state index >= 15 is 0 Å². The Labute approximate surface area is 165 Å². The zero-order valence-corrected chi connectivity index (χ0v) is 15.8. The molecule has 3 aromatic rings. The number of nitrogens with one attached hydrogen (secondary N) is 2. The van der Waals surface area contributed by atoms with Gasteiger partial charge in [-0.25, -0.2) is 4.39 Å². The van der Waals surface area contributed by atoms with Crippen LogP contribution in [0.2, 0.25) is 0 Å². The fraction of sp³-hybridized carbons (Fsp3) is 0.0952. The molecule has 5 nitrogen and oxygen atoms in total. The highest BCUT2D eigenvalue weighted by Gasteiger charge is 2.16. The molecule has 0 saturated heterocycles. The number of aryl methyl sites for hydroxylation is 1. The summed E-state index contributed by atoms with van der Waals surface area (Å²) in [7, 11) is 0. The van der Waals surface area contributed by atoms with E-state index in [1.165, 1.54) is 23.5 Å². The maximum atomic E-state index is 13.5. The number of thiophene rings is 1. The lowest BCUT2D eigenvalue weighted by molar-refractivity contribution is -0.136. The number of ketones is 1. The van der Waals surface area contributed by atoms with Gasteiger partial charge in [0.1, 0.15) is 5.82 Å². The van der Waals surface area contributed by atoms with Gasteiger partial charge in [-0.1, -0.05) is 36.4 Å². The summed E-state index contributed by atoms with van der Waals surface area (Å²) in [4.78, 5) is 37.6. The maximum absolute atomic E-state index is 13.5. The van der Waals surface area contributed by atoms with E-state index in [-0.39, 0.29) is 18.0 Å². The minimum absolute atomic E-state index is 0.0951. The molecule has 0 aliphatic rings. The lowest BCUT2D eigenvalue weighted by atomic mass is 10.1. The van der Waals surface area contributed by atoms with Crippen LogP contribution in [0.5, 0.6) is 0 Å². The number of carbonyl (C=O) groups is 3. The van der Waals surface area contributed by atoms with Gasteiger partial charge in [0, 0.05) is 16.1 Å². The summed E-state index contributed by atoms with van der Waals surface area (Å²) >= 11 is 1.25. The van der Waals surface area contributed by atoms with E-state index in [2.05, 4.69) is 10.6 Å². The van der Waals surface area contributed by atoms with Crippen LogP contribution >= 0.6 is 11.3 Å². The second kappa shape index (κ2) is 8.58. The third-order valence-corrected chi connectivity index (χ3v) is 5.06. The maximum Gasteiger partial charge on any atom is 0.313 e. The molecule has 1 heterocycles. The molecule has 3 rings (SSSR count). The van der Waals surface area contributed by atoms with Crippen molar-refractivity contribution in [2.75, 3.05) is 5.32 Å². The molecule has 0 fully saturated rings. The molecule has 0 saturated carbocycles. The first-order chi connectivity index (χ1) is 13.4. The number of anilines is 1. The fourth-order valence-corrected chi connectivity index (χ4v) is 3.34. The van der Waals surface area contributed by atoms with Crippen LogP contribution in [-0.2, 0) is 16.1 Å². The quantitative estimate of drug-likeness (QED) is 0.510. The second-order valence-electron chi connectivity index (χ2n) is 6.06. The van der Waals surface area contributed by atoms with Crippen molar-refractivity contribution in [1.29, 1.82) is 0 Å². The van der Waals surface area contributed by atoms with E-state index in [0.717, 1.165) is 10.9 Å². The summed E-state index contributed by atoms with van der Waals surface area (Å²) in [6, 6.07) is 16.5. The molecule has 142 valence electrons. The first-order valence-electron chi connectivity index (χ1n) is 8.48. The Morgan fingerprint density at radius 2 is 1.71 bits per heavy atom. The Balaban J connectivity index is 1.56. The summed E-state index contributed by atoms with van der Waals surface area (Å²) in [5.41, 5.74) is 1.24. The van der Waals surface area contributed by atoms with E-state index in [9.17, 15) is 18.8 Å². The highest BCUT2D eigenvalue weighted by Crippen LogP contribution is 2.20. The van der Waals surface area contributed by atoms with Gasteiger partial charge in [0.25, 0.3) is 0 Å². The molecule has 0 radical (unpaired) electrons. The number of rotatable bonds is 5. The number of amides is 2. The molecule has 1 aromatic heterocycles. The molecular weight excluding hydrogens is 379 g/mol. The van der Waals surface area contributed by atoms with Crippen LogP contribution < -0.4 is 10.6 Å². The molecule has 7 heteroatoms. The third-order valence-electron chi connectivity index (χ3n) is 3.98. The zero-order valence-electron chi connectivity index (χ0n) is 15.0. The molecule has 0 aliphatic heterocycles. The van der Waals surface area contributed by atoms with Crippen molar-refractivity contribution in [3.63, 3.8) is 0 Å². The van der Waals surface area contributed by atoms with Crippen molar-refractivity contribution >= 4 is 34.6 Å². The van der Waals surface area contributed by atoms with Gasteiger partial charge in [0.2, 0.25) is 5.78 Å². The van der Waals surface area contributed by atoms with Crippen LogP contribution in [0.25, 0.3) is 0 Å². The lowest BCUT2D eigenvalue weighted by Crippen LogP contribution is -2.34. The van der Waals surface area contributed by atoms with Gasteiger partial charge in [0.05, 0.1) is 11.4 Å². The normalized spacial score (nSPS) is 10.4. The van der Waals surface area contributed by atoms with Crippen LogP contribution in [0.3, 0.4) is 0 Å². The monoisotopic (exact) mass is 396 g/mol. The smallest absolute Gasteiger partial charge is 0.313 e. The SMILES string of the molecule is Cc1ccc(NC(=O)C(=O)NCc2ccc(C(=O)c3ccccc3)s2)cc1F. The number of hydrogen-bond donors (Lipinski definition) is 2. The molecule has 28 heavy (non-hydrogen) atoms. The topological polar surface area (TPSA) is 75.3 Å². The molecule has 2 aromatic carbocycles. The molecule has 0 aliphatic carbocycles. The lowest BCUT2D eigenvalue weighted by Gasteiger charge is -2.06. The van der Waals surface area contributed by atoms with Crippen LogP contribution in [0.1, 0.15) is 25.7 Å². The van der Waals surface area contributed by atoms with E-state index in [0.29, 0.717) is 16.0 Å². The highest BCUT2D eigenvalue weighted by molar-refractivity contribution is 7.14. The van der Waals surface area contributed by atoms with Crippen molar-refractivity contribution in [2.45, 2.75) is 13.5 Å². The summed E-state index contributed by atoms with van der Waals surface area (Å²) in [6.07, 6.45) is 0. The Bertz CT molecular complexity index is 1030. The Morgan fingerprint density at radius 3 is 2.43 bits per heavy atom. The van der Waals surface area contributed by atoms with Gasteiger partial charge in [-0.2, -0.15) is 0 Å². The van der Waals surface area contributed by atoms with E-state index in [1.807, 2.05) is 6.07 Å². The van der Waals surface area contributed by atoms with Crippen LogP contribution in [0.15, 0.2) is 60.7 Å². The molecule has 0 bridgehead atoms. The van der Waals surface area contributed by atoms with Gasteiger partial charge in [-0.05, 0) is 36.8 Å². The largest absolute Gasteiger partial charge is 0.343 e. The van der Waals surface area contributed by atoms with Crippen molar-refractivity contribution in [1.82, 2.24) is 5.32 Å². The van der Waals surface area contributed by atoms with E-state index in [4.69, 9.17) is 0 Å². The van der Waals surface area contributed by atoms with Crippen LogP contribution in [0.4, 0.5) is 10.1 Å². The fourth-order valence-electron chi connectivity index (χ4n) is 2.43. The van der Waals surface area contributed by atoms with Crippen molar-refractivity contribution in [3.05, 3.63) is 87.4 Å². The summed E-state index contributed by atoms with van der Waals surface area (Å²) < 4.78 is 13.5. The molecular formula is C21H17FN2O3S. The predicted molar refractivity (Wildman–Crippen MR) is 106 cm³/mol. The summed E-state index contributed by atoms with van der Waals surface area (Å²) in [5, 5.41) is 4.84. The van der Waals surface area contributed by atoms with Gasteiger partial charge in [0.15, 0.2) is 0 Å². The van der Waals surface area contributed by atoms with Crippen molar-refractivity contribution < 1.29 is 18.8 Å². The summed E-state index contributed by atoms with van der Waals surface area (Å²) in [6.45, 7) is 1.71. The zero-order chi connectivity index (χ0) is 20.1. The Hall–Kier alpha value is -3.32.